The van der Waals surface area contributed by atoms with Gasteiger partial charge in [-0.05, 0) is 36.8 Å². The minimum atomic E-state index is -0.232. The molecule has 0 aliphatic heterocycles. The summed E-state index contributed by atoms with van der Waals surface area (Å²) in [6.07, 6.45) is 0. The monoisotopic (exact) mass is 249 g/mol. The molecule has 0 fully saturated rings. The summed E-state index contributed by atoms with van der Waals surface area (Å²) in [7, 11) is 0. The molecule has 0 saturated carbocycles. The molecule has 0 radical (unpaired) electrons. The third-order valence-corrected chi connectivity index (χ3v) is 2.83. The summed E-state index contributed by atoms with van der Waals surface area (Å²) in [5, 5.41) is 12.2. The van der Waals surface area contributed by atoms with Crippen molar-refractivity contribution in [1.29, 1.82) is 0 Å². The van der Waals surface area contributed by atoms with Crippen molar-refractivity contribution in [3.8, 4) is 0 Å². The molecule has 0 bridgehead atoms. The quantitative estimate of drug-likeness (QED) is 0.856. The molecule has 0 saturated heterocycles. The zero-order valence-corrected chi connectivity index (χ0v) is 10.2. The molecule has 1 atom stereocenters. The van der Waals surface area contributed by atoms with Crippen molar-refractivity contribution < 1.29 is 13.9 Å². The Morgan fingerprint density at radius 3 is 2.44 bits per heavy atom. The van der Waals surface area contributed by atoms with Crippen LogP contribution in [-0.4, -0.2) is 5.11 Å². The van der Waals surface area contributed by atoms with Gasteiger partial charge < -0.3 is 14.8 Å². The van der Waals surface area contributed by atoms with Gasteiger partial charge in [-0.15, -0.1) is 0 Å². The van der Waals surface area contributed by atoms with E-state index >= 15 is 0 Å². The Balaban J connectivity index is 1.91. The first kappa shape index (κ1) is 12.8. The molecule has 0 unspecified atom stereocenters. The number of hydrogen-bond acceptors (Lipinski definition) is 3. The number of furan rings is 1. The van der Waals surface area contributed by atoms with Crippen LogP contribution in [0, 0.1) is 5.82 Å². The summed E-state index contributed by atoms with van der Waals surface area (Å²) in [4.78, 5) is 0. The zero-order valence-electron chi connectivity index (χ0n) is 10.2. The van der Waals surface area contributed by atoms with Gasteiger partial charge in [0.15, 0.2) is 0 Å². The van der Waals surface area contributed by atoms with Gasteiger partial charge in [-0.3, -0.25) is 0 Å². The molecule has 2 rings (SSSR count). The largest absolute Gasteiger partial charge is 0.462 e. The highest BCUT2D eigenvalue weighted by Crippen LogP contribution is 2.14. The minimum Gasteiger partial charge on any atom is -0.462 e. The summed E-state index contributed by atoms with van der Waals surface area (Å²) in [6, 6.07) is 10.1. The number of nitrogens with one attached hydrogen (secondary N) is 1. The van der Waals surface area contributed by atoms with E-state index in [4.69, 9.17) is 9.52 Å². The molecular formula is C14H16FNO2. The summed E-state index contributed by atoms with van der Waals surface area (Å²) in [5.41, 5.74) is 1.02. The van der Waals surface area contributed by atoms with E-state index in [0.29, 0.717) is 12.3 Å². The molecule has 2 aromatic rings. The van der Waals surface area contributed by atoms with Crippen LogP contribution in [0.3, 0.4) is 0 Å². The molecule has 3 nitrogen and oxygen atoms in total. The highest BCUT2D eigenvalue weighted by Gasteiger charge is 2.06. The van der Waals surface area contributed by atoms with E-state index in [-0.39, 0.29) is 18.5 Å². The summed E-state index contributed by atoms with van der Waals surface area (Å²) in [6.45, 7) is 2.48. The molecule has 0 amide bonds. The van der Waals surface area contributed by atoms with Crippen LogP contribution in [0.1, 0.15) is 30.0 Å². The van der Waals surface area contributed by atoms with Gasteiger partial charge in [-0.2, -0.15) is 0 Å². The third-order valence-electron chi connectivity index (χ3n) is 2.83. The van der Waals surface area contributed by atoms with Gasteiger partial charge in [0, 0.05) is 6.04 Å². The van der Waals surface area contributed by atoms with Crippen LogP contribution < -0.4 is 5.32 Å². The Morgan fingerprint density at radius 1 is 1.17 bits per heavy atom. The minimum absolute atomic E-state index is 0.0898. The lowest BCUT2D eigenvalue weighted by atomic mass is 10.1. The predicted molar refractivity (Wildman–Crippen MR) is 66.3 cm³/mol. The number of aliphatic hydroxyl groups is 1. The van der Waals surface area contributed by atoms with Crippen molar-refractivity contribution in [3.05, 3.63) is 59.3 Å². The van der Waals surface area contributed by atoms with Gasteiger partial charge in [-0.25, -0.2) is 4.39 Å². The van der Waals surface area contributed by atoms with E-state index in [2.05, 4.69) is 5.32 Å². The van der Waals surface area contributed by atoms with Crippen LogP contribution in [0.2, 0.25) is 0 Å². The molecular weight excluding hydrogens is 233 g/mol. The van der Waals surface area contributed by atoms with Gasteiger partial charge in [-0.1, -0.05) is 12.1 Å². The average molecular weight is 249 g/mol. The molecule has 2 N–H and O–H groups in total. The molecule has 96 valence electrons. The topological polar surface area (TPSA) is 45.4 Å². The molecule has 1 heterocycles. The molecule has 0 spiro atoms. The van der Waals surface area contributed by atoms with Gasteiger partial charge in [0.1, 0.15) is 23.9 Å². The molecule has 18 heavy (non-hydrogen) atoms. The van der Waals surface area contributed by atoms with Crippen molar-refractivity contribution in [2.45, 2.75) is 26.1 Å². The first-order chi connectivity index (χ1) is 8.69. The highest BCUT2D eigenvalue weighted by molar-refractivity contribution is 5.19. The number of hydrogen-bond donors (Lipinski definition) is 2. The Morgan fingerprint density at radius 2 is 1.83 bits per heavy atom. The number of benzene rings is 1. The Kier molecular flexibility index (Phi) is 4.12. The van der Waals surface area contributed by atoms with Crippen LogP contribution in [0.4, 0.5) is 4.39 Å². The second kappa shape index (κ2) is 5.80. The van der Waals surface area contributed by atoms with E-state index in [9.17, 15) is 4.39 Å². The van der Waals surface area contributed by atoms with E-state index < -0.39 is 0 Å². The molecule has 0 aliphatic rings. The Hall–Kier alpha value is -1.65. The van der Waals surface area contributed by atoms with E-state index in [1.54, 1.807) is 18.2 Å². The maximum Gasteiger partial charge on any atom is 0.129 e. The lowest BCUT2D eigenvalue weighted by Gasteiger charge is -2.13. The van der Waals surface area contributed by atoms with Crippen LogP contribution in [-0.2, 0) is 13.2 Å². The van der Waals surface area contributed by atoms with Crippen molar-refractivity contribution in [1.82, 2.24) is 5.32 Å². The average Bonchev–Trinajstić information content (AvgIpc) is 2.85. The van der Waals surface area contributed by atoms with Crippen molar-refractivity contribution in [2.75, 3.05) is 0 Å². The maximum absolute atomic E-state index is 12.8. The Bertz CT molecular complexity index is 493. The fourth-order valence-electron chi connectivity index (χ4n) is 1.73. The lowest BCUT2D eigenvalue weighted by Crippen LogP contribution is -2.17. The summed E-state index contributed by atoms with van der Waals surface area (Å²) in [5.74, 6) is 1.10. The number of aliphatic hydroxyl groups excluding tert-OH is 1. The van der Waals surface area contributed by atoms with Crippen LogP contribution in [0.25, 0.3) is 0 Å². The van der Waals surface area contributed by atoms with Crippen LogP contribution in [0.5, 0.6) is 0 Å². The Labute approximate surface area is 105 Å². The standard InChI is InChI=1S/C14H16FNO2/c1-10(11-2-4-12(15)5-3-11)16-8-13-6-7-14(9-17)18-13/h2-7,10,16-17H,8-9H2,1H3/t10-/m1/s1. The predicted octanol–water partition coefficient (Wildman–Crippen LogP) is 2.76. The lowest BCUT2D eigenvalue weighted by molar-refractivity contribution is 0.242. The second-order valence-corrected chi connectivity index (χ2v) is 4.18. The maximum atomic E-state index is 12.8. The first-order valence-corrected chi connectivity index (χ1v) is 5.86. The van der Waals surface area contributed by atoms with Crippen molar-refractivity contribution >= 4 is 0 Å². The van der Waals surface area contributed by atoms with Gasteiger partial charge in [0.05, 0.1) is 6.54 Å². The highest BCUT2D eigenvalue weighted by atomic mass is 19.1. The van der Waals surface area contributed by atoms with Gasteiger partial charge in [0.2, 0.25) is 0 Å². The fraction of sp³-hybridized carbons (Fsp3) is 0.286. The van der Waals surface area contributed by atoms with Crippen LogP contribution >= 0.6 is 0 Å². The second-order valence-electron chi connectivity index (χ2n) is 4.18. The van der Waals surface area contributed by atoms with E-state index in [1.165, 1.54) is 12.1 Å². The van der Waals surface area contributed by atoms with E-state index in [1.807, 2.05) is 13.0 Å². The summed E-state index contributed by atoms with van der Waals surface area (Å²) >= 11 is 0. The molecule has 0 aliphatic carbocycles. The normalized spacial score (nSPS) is 12.6. The number of rotatable bonds is 5. The van der Waals surface area contributed by atoms with Crippen molar-refractivity contribution in [2.24, 2.45) is 0 Å². The SMILES string of the molecule is C[C@@H](NCc1ccc(CO)o1)c1ccc(F)cc1. The smallest absolute Gasteiger partial charge is 0.129 e. The van der Waals surface area contributed by atoms with Gasteiger partial charge >= 0.3 is 0 Å². The van der Waals surface area contributed by atoms with E-state index in [0.717, 1.165) is 11.3 Å². The zero-order chi connectivity index (χ0) is 13.0. The summed E-state index contributed by atoms with van der Waals surface area (Å²) < 4.78 is 18.1. The number of halogens is 1. The van der Waals surface area contributed by atoms with Crippen LogP contribution in [0.15, 0.2) is 40.8 Å². The third kappa shape index (κ3) is 3.18. The molecule has 4 heteroatoms. The van der Waals surface area contributed by atoms with Gasteiger partial charge in [0.25, 0.3) is 0 Å². The first-order valence-electron chi connectivity index (χ1n) is 5.86. The molecule has 1 aromatic heterocycles. The molecule has 1 aromatic carbocycles. The fourth-order valence-corrected chi connectivity index (χ4v) is 1.73. The van der Waals surface area contributed by atoms with Crippen molar-refractivity contribution in [3.63, 3.8) is 0 Å².